The van der Waals surface area contributed by atoms with Gasteiger partial charge in [-0.25, -0.2) is 0 Å². The minimum Gasteiger partial charge on any atom is -0.309 e. The first-order chi connectivity index (χ1) is 10.2. The van der Waals surface area contributed by atoms with Crippen molar-refractivity contribution in [1.82, 2.24) is 4.90 Å². The summed E-state index contributed by atoms with van der Waals surface area (Å²) in [5.74, 6) is 2.84. The largest absolute Gasteiger partial charge is 0.309 e. The molecular formula is C18H25NOS. The van der Waals surface area contributed by atoms with E-state index in [2.05, 4.69) is 25.1 Å². The van der Waals surface area contributed by atoms with E-state index >= 15 is 0 Å². The third-order valence-electron chi connectivity index (χ3n) is 3.83. The first kappa shape index (κ1) is 16.3. The van der Waals surface area contributed by atoms with Gasteiger partial charge in [0.25, 0.3) is 0 Å². The van der Waals surface area contributed by atoms with Crippen LogP contribution in [0.25, 0.3) is 5.57 Å². The number of carbonyl (C=O) groups excluding carboxylic acids is 1. The fraction of sp³-hybridized carbons (Fsp3) is 0.500. The van der Waals surface area contributed by atoms with E-state index in [0.717, 1.165) is 36.3 Å². The predicted molar refractivity (Wildman–Crippen MR) is 92.6 cm³/mol. The Morgan fingerprint density at radius 2 is 1.95 bits per heavy atom. The number of allylic oxidation sites excluding steroid dienone is 2. The molecule has 1 aromatic carbocycles. The second-order valence-corrected chi connectivity index (χ2v) is 7.06. The van der Waals surface area contributed by atoms with Crippen molar-refractivity contribution in [3.63, 3.8) is 0 Å². The van der Waals surface area contributed by atoms with Gasteiger partial charge in [0.15, 0.2) is 5.78 Å². The van der Waals surface area contributed by atoms with Crippen LogP contribution in [0.1, 0.15) is 24.8 Å². The van der Waals surface area contributed by atoms with Gasteiger partial charge < -0.3 is 4.90 Å². The van der Waals surface area contributed by atoms with Crippen molar-refractivity contribution in [2.45, 2.75) is 19.3 Å². The van der Waals surface area contributed by atoms with Gasteiger partial charge in [0.1, 0.15) is 0 Å². The molecule has 3 heteroatoms. The minimum absolute atomic E-state index is 0.210. The maximum Gasteiger partial charge on any atom is 0.166 e. The van der Waals surface area contributed by atoms with Crippen molar-refractivity contribution in [3.8, 4) is 0 Å². The number of rotatable bonds is 8. The van der Waals surface area contributed by atoms with E-state index in [1.165, 1.54) is 12.2 Å². The van der Waals surface area contributed by atoms with E-state index < -0.39 is 0 Å². The molecule has 2 nitrogen and oxygen atoms in total. The molecule has 1 aliphatic carbocycles. The summed E-state index contributed by atoms with van der Waals surface area (Å²) in [5.41, 5.74) is 2.00. The van der Waals surface area contributed by atoms with Crippen molar-refractivity contribution < 1.29 is 4.79 Å². The Bertz CT molecular complexity index is 481. The van der Waals surface area contributed by atoms with E-state index in [9.17, 15) is 4.79 Å². The summed E-state index contributed by atoms with van der Waals surface area (Å²) in [4.78, 5) is 14.7. The Kier molecular flexibility index (Phi) is 6.52. The van der Waals surface area contributed by atoms with Crippen LogP contribution in [0.2, 0.25) is 0 Å². The molecule has 0 aliphatic heterocycles. The zero-order valence-electron chi connectivity index (χ0n) is 13.0. The lowest BCUT2D eigenvalue weighted by Crippen LogP contribution is -2.14. The number of hydrogen-bond donors (Lipinski definition) is 0. The number of benzene rings is 1. The van der Waals surface area contributed by atoms with Crippen molar-refractivity contribution >= 4 is 23.1 Å². The topological polar surface area (TPSA) is 20.3 Å². The van der Waals surface area contributed by atoms with E-state index in [1.807, 2.05) is 42.1 Å². The Balaban J connectivity index is 1.70. The van der Waals surface area contributed by atoms with Gasteiger partial charge in [0, 0.05) is 11.5 Å². The third-order valence-corrected chi connectivity index (χ3v) is 4.93. The summed E-state index contributed by atoms with van der Waals surface area (Å²) < 4.78 is 0. The van der Waals surface area contributed by atoms with Crippen LogP contribution in [0.5, 0.6) is 0 Å². The molecule has 0 N–H and O–H groups in total. The molecule has 0 heterocycles. The van der Waals surface area contributed by atoms with Crippen LogP contribution in [0.3, 0.4) is 0 Å². The van der Waals surface area contributed by atoms with E-state index in [0.29, 0.717) is 5.78 Å². The quantitative estimate of drug-likeness (QED) is 0.682. The summed E-state index contributed by atoms with van der Waals surface area (Å²) >= 11 is 1.98. The molecule has 114 valence electrons. The summed E-state index contributed by atoms with van der Waals surface area (Å²) in [6.45, 7) is 1.15. The number of carbonyl (C=O) groups is 1. The average Bonchev–Trinajstić information content (AvgIpc) is 2.84. The first-order valence-corrected chi connectivity index (χ1v) is 8.86. The Labute approximate surface area is 132 Å². The minimum atomic E-state index is 0.210. The maximum absolute atomic E-state index is 12.4. The molecule has 21 heavy (non-hydrogen) atoms. The lowest BCUT2D eigenvalue weighted by Gasteiger charge is -2.11. The number of hydrogen-bond acceptors (Lipinski definition) is 3. The summed E-state index contributed by atoms with van der Waals surface area (Å²) in [6.07, 6.45) is 5.28. The highest BCUT2D eigenvalue weighted by Gasteiger charge is 2.27. The Morgan fingerprint density at radius 1 is 1.19 bits per heavy atom. The number of Topliss-reactive ketones (excluding diaryl/α,β-unsaturated/α-hetero) is 1. The molecule has 0 radical (unpaired) electrons. The first-order valence-electron chi connectivity index (χ1n) is 7.70. The van der Waals surface area contributed by atoms with Crippen LogP contribution < -0.4 is 0 Å². The standard InChI is InChI=1S/C18H25NOS/c1-19(2)12-6-13-21-14-11-16-9-10-17(18(16)20)15-7-4-3-5-8-15/h3-5,7-8,10,16H,6,9,11-14H2,1-2H3. The summed E-state index contributed by atoms with van der Waals surface area (Å²) in [5, 5.41) is 0. The van der Waals surface area contributed by atoms with Crippen LogP contribution in [0.15, 0.2) is 36.4 Å². The fourth-order valence-corrected chi connectivity index (χ4v) is 3.61. The Hall–Kier alpha value is -1.06. The van der Waals surface area contributed by atoms with E-state index in [-0.39, 0.29) is 5.92 Å². The Morgan fingerprint density at radius 3 is 2.67 bits per heavy atom. The highest BCUT2D eigenvalue weighted by Crippen LogP contribution is 2.31. The molecule has 0 saturated carbocycles. The molecule has 1 unspecified atom stereocenters. The summed E-state index contributed by atoms with van der Waals surface area (Å²) in [7, 11) is 4.22. The lowest BCUT2D eigenvalue weighted by molar-refractivity contribution is -0.116. The van der Waals surface area contributed by atoms with Gasteiger partial charge in [0.2, 0.25) is 0 Å². The summed E-state index contributed by atoms with van der Waals surface area (Å²) in [6, 6.07) is 10.0. The van der Waals surface area contributed by atoms with Crippen molar-refractivity contribution in [3.05, 3.63) is 42.0 Å². The van der Waals surface area contributed by atoms with Crippen LogP contribution in [-0.4, -0.2) is 42.8 Å². The predicted octanol–water partition coefficient (Wildman–Crippen LogP) is 3.73. The molecular weight excluding hydrogens is 278 g/mol. The van der Waals surface area contributed by atoms with Gasteiger partial charge in [-0.3, -0.25) is 4.79 Å². The van der Waals surface area contributed by atoms with Gasteiger partial charge >= 0.3 is 0 Å². The van der Waals surface area contributed by atoms with Gasteiger partial charge in [-0.1, -0.05) is 36.4 Å². The molecule has 0 amide bonds. The molecule has 1 atom stereocenters. The fourth-order valence-electron chi connectivity index (χ4n) is 2.62. The smallest absolute Gasteiger partial charge is 0.166 e. The number of thioether (sulfide) groups is 1. The van der Waals surface area contributed by atoms with Crippen molar-refractivity contribution in [2.75, 3.05) is 32.1 Å². The molecule has 0 spiro atoms. The highest BCUT2D eigenvalue weighted by molar-refractivity contribution is 7.99. The average molecular weight is 303 g/mol. The van der Waals surface area contributed by atoms with Gasteiger partial charge in [-0.15, -0.1) is 0 Å². The van der Waals surface area contributed by atoms with Crippen molar-refractivity contribution in [2.24, 2.45) is 5.92 Å². The van der Waals surface area contributed by atoms with Gasteiger partial charge in [-0.2, -0.15) is 11.8 Å². The zero-order chi connectivity index (χ0) is 15.1. The van der Waals surface area contributed by atoms with Crippen LogP contribution in [0, 0.1) is 5.92 Å². The lowest BCUT2D eigenvalue weighted by atomic mass is 9.97. The maximum atomic E-state index is 12.4. The molecule has 1 aliphatic rings. The highest BCUT2D eigenvalue weighted by atomic mass is 32.2. The van der Waals surface area contributed by atoms with E-state index in [4.69, 9.17) is 0 Å². The van der Waals surface area contributed by atoms with Gasteiger partial charge in [0.05, 0.1) is 0 Å². The monoisotopic (exact) mass is 303 g/mol. The zero-order valence-corrected chi connectivity index (χ0v) is 13.9. The molecule has 0 fully saturated rings. The number of nitrogens with zero attached hydrogens (tertiary/aromatic N) is 1. The molecule has 0 saturated heterocycles. The molecule has 0 aromatic heterocycles. The normalized spacial score (nSPS) is 18.3. The molecule has 2 rings (SSSR count). The number of ketones is 1. The van der Waals surface area contributed by atoms with Crippen LogP contribution in [0.4, 0.5) is 0 Å². The SMILES string of the molecule is CN(C)CCCSCCC1CC=C(c2ccccc2)C1=O. The van der Waals surface area contributed by atoms with E-state index in [1.54, 1.807) is 0 Å². The van der Waals surface area contributed by atoms with Crippen molar-refractivity contribution in [1.29, 1.82) is 0 Å². The van der Waals surface area contributed by atoms with Gasteiger partial charge in [-0.05, 0) is 57.0 Å². The molecule has 1 aromatic rings. The second kappa shape index (κ2) is 8.40. The van der Waals surface area contributed by atoms with Crippen LogP contribution >= 0.6 is 11.8 Å². The van der Waals surface area contributed by atoms with Crippen LogP contribution in [-0.2, 0) is 4.79 Å². The third kappa shape index (κ3) is 5.01. The second-order valence-electron chi connectivity index (χ2n) is 5.84. The molecule has 0 bridgehead atoms.